The Bertz CT molecular complexity index is 628. The van der Waals surface area contributed by atoms with Crippen LogP contribution >= 0.6 is 24.0 Å². The van der Waals surface area contributed by atoms with Gasteiger partial charge in [0.25, 0.3) is 0 Å². The molecule has 0 atom stereocenters. The fraction of sp³-hybridized carbons (Fsp3) is 0.412. The SMILES string of the molecule is CN=C(NCCCn1cccn1)NCc1ccc(C)c(OC)c1.I. The molecule has 0 bridgehead atoms. The lowest BCUT2D eigenvalue weighted by Gasteiger charge is -2.13. The van der Waals surface area contributed by atoms with Gasteiger partial charge < -0.3 is 15.4 Å². The number of aryl methyl sites for hydroxylation is 2. The van der Waals surface area contributed by atoms with Gasteiger partial charge in [0.05, 0.1) is 7.11 Å². The molecule has 1 heterocycles. The van der Waals surface area contributed by atoms with Gasteiger partial charge in [0, 0.05) is 39.1 Å². The third-order valence-electron chi connectivity index (χ3n) is 3.57. The Labute approximate surface area is 160 Å². The van der Waals surface area contributed by atoms with E-state index >= 15 is 0 Å². The van der Waals surface area contributed by atoms with E-state index in [9.17, 15) is 0 Å². The second-order valence-electron chi connectivity index (χ2n) is 5.28. The molecule has 0 aliphatic rings. The number of rotatable bonds is 7. The van der Waals surface area contributed by atoms with Crippen molar-refractivity contribution in [3.05, 3.63) is 47.8 Å². The lowest BCUT2D eigenvalue weighted by Crippen LogP contribution is -2.37. The van der Waals surface area contributed by atoms with Crippen molar-refractivity contribution in [1.82, 2.24) is 20.4 Å². The lowest BCUT2D eigenvalue weighted by molar-refractivity contribution is 0.411. The minimum atomic E-state index is 0. The van der Waals surface area contributed by atoms with Crippen LogP contribution in [0.5, 0.6) is 5.75 Å². The molecular formula is C17H26IN5O. The van der Waals surface area contributed by atoms with Crippen LogP contribution in [0.1, 0.15) is 17.5 Å². The second-order valence-corrected chi connectivity index (χ2v) is 5.28. The predicted molar refractivity (Wildman–Crippen MR) is 108 cm³/mol. The summed E-state index contributed by atoms with van der Waals surface area (Å²) < 4.78 is 7.28. The first-order valence-corrected chi connectivity index (χ1v) is 7.78. The molecule has 0 radical (unpaired) electrons. The van der Waals surface area contributed by atoms with E-state index in [2.05, 4.69) is 32.9 Å². The second kappa shape index (κ2) is 10.9. The van der Waals surface area contributed by atoms with Crippen molar-refractivity contribution in [3.8, 4) is 5.75 Å². The zero-order chi connectivity index (χ0) is 16.5. The molecule has 24 heavy (non-hydrogen) atoms. The first-order chi connectivity index (χ1) is 11.2. The van der Waals surface area contributed by atoms with Crippen molar-refractivity contribution in [2.75, 3.05) is 20.7 Å². The molecule has 0 amide bonds. The van der Waals surface area contributed by atoms with E-state index in [1.807, 2.05) is 29.9 Å². The maximum absolute atomic E-state index is 5.35. The molecule has 0 unspecified atom stereocenters. The number of hydrogen-bond donors (Lipinski definition) is 2. The fourth-order valence-corrected chi connectivity index (χ4v) is 2.26. The number of aromatic nitrogens is 2. The zero-order valence-electron chi connectivity index (χ0n) is 14.5. The van der Waals surface area contributed by atoms with Crippen LogP contribution in [0.25, 0.3) is 0 Å². The molecular weight excluding hydrogens is 417 g/mol. The van der Waals surface area contributed by atoms with Gasteiger partial charge in [-0.3, -0.25) is 9.67 Å². The molecule has 0 aliphatic heterocycles. The van der Waals surface area contributed by atoms with Crippen LogP contribution in [0.3, 0.4) is 0 Å². The third kappa shape index (κ3) is 6.38. The summed E-state index contributed by atoms with van der Waals surface area (Å²) >= 11 is 0. The summed E-state index contributed by atoms with van der Waals surface area (Å²) in [6.07, 6.45) is 4.75. The first-order valence-electron chi connectivity index (χ1n) is 7.78. The van der Waals surface area contributed by atoms with Crippen LogP contribution in [-0.4, -0.2) is 36.4 Å². The molecule has 2 N–H and O–H groups in total. The van der Waals surface area contributed by atoms with Crippen molar-refractivity contribution in [3.63, 3.8) is 0 Å². The van der Waals surface area contributed by atoms with Crippen molar-refractivity contribution in [2.45, 2.75) is 26.4 Å². The molecule has 0 aliphatic carbocycles. The monoisotopic (exact) mass is 443 g/mol. The largest absolute Gasteiger partial charge is 0.496 e. The summed E-state index contributed by atoms with van der Waals surface area (Å²) in [6, 6.07) is 8.14. The average molecular weight is 443 g/mol. The highest BCUT2D eigenvalue weighted by molar-refractivity contribution is 14.0. The minimum absolute atomic E-state index is 0. The Morgan fingerprint density at radius 3 is 2.83 bits per heavy atom. The number of nitrogens with one attached hydrogen (secondary N) is 2. The summed E-state index contributed by atoms with van der Waals surface area (Å²) in [7, 11) is 3.47. The Hall–Kier alpha value is -1.77. The maximum atomic E-state index is 5.35. The predicted octanol–water partition coefficient (Wildman–Crippen LogP) is 2.57. The topological polar surface area (TPSA) is 63.5 Å². The molecule has 0 saturated heterocycles. The molecule has 0 saturated carbocycles. The van der Waals surface area contributed by atoms with E-state index in [0.717, 1.165) is 42.3 Å². The summed E-state index contributed by atoms with van der Waals surface area (Å²) in [5.74, 6) is 1.71. The average Bonchev–Trinajstić information content (AvgIpc) is 3.09. The molecule has 1 aromatic carbocycles. The molecule has 0 fully saturated rings. The Morgan fingerprint density at radius 2 is 2.17 bits per heavy atom. The molecule has 0 spiro atoms. The number of halogens is 1. The number of guanidine groups is 1. The highest BCUT2D eigenvalue weighted by Gasteiger charge is 2.02. The van der Waals surface area contributed by atoms with Crippen molar-refractivity contribution >= 4 is 29.9 Å². The number of ether oxygens (including phenoxy) is 1. The summed E-state index contributed by atoms with van der Waals surface area (Å²) in [4.78, 5) is 4.24. The number of aliphatic imine (C=N–C) groups is 1. The normalized spacial score (nSPS) is 10.9. The van der Waals surface area contributed by atoms with Crippen molar-refractivity contribution in [2.24, 2.45) is 4.99 Å². The van der Waals surface area contributed by atoms with Gasteiger partial charge in [0.15, 0.2) is 5.96 Å². The Balaban J connectivity index is 0.00000288. The highest BCUT2D eigenvalue weighted by atomic mass is 127. The zero-order valence-corrected chi connectivity index (χ0v) is 16.8. The number of methoxy groups -OCH3 is 1. The quantitative estimate of drug-likeness (QED) is 0.299. The minimum Gasteiger partial charge on any atom is -0.496 e. The maximum Gasteiger partial charge on any atom is 0.191 e. The number of hydrogen-bond acceptors (Lipinski definition) is 3. The smallest absolute Gasteiger partial charge is 0.191 e. The number of nitrogens with zero attached hydrogens (tertiary/aromatic N) is 3. The van der Waals surface area contributed by atoms with E-state index < -0.39 is 0 Å². The molecule has 7 heteroatoms. The Kier molecular flexibility index (Phi) is 9.21. The summed E-state index contributed by atoms with van der Waals surface area (Å²) in [5, 5.41) is 10.8. The van der Waals surface area contributed by atoms with Crippen LogP contribution in [-0.2, 0) is 13.1 Å². The van der Waals surface area contributed by atoms with E-state index in [1.165, 1.54) is 0 Å². The van der Waals surface area contributed by atoms with Crippen molar-refractivity contribution in [1.29, 1.82) is 0 Å². The van der Waals surface area contributed by atoms with Gasteiger partial charge in [-0.05, 0) is 36.6 Å². The summed E-state index contributed by atoms with van der Waals surface area (Å²) in [6.45, 7) is 4.48. The van der Waals surface area contributed by atoms with Gasteiger partial charge in [-0.2, -0.15) is 5.10 Å². The van der Waals surface area contributed by atoms with Gasteiger partial charge in [0.1, 0.15) is 5.75 Å². The van der Waals surface area contributed by atoms with Crippen LogP contribution in [0.15, 0.2) is 41.7 Å². The first kappa shape index (κ1) is 20.3. The lowest BCUT2D eigenvalue weighted by atomic mass is 10.1. The fourth-order valence-electron chi connectivity index (χ4n) is 2.26. The van der Waals surface area contributed by atoms with Gasteiger partial charge in [-0.15, -0.1) is 24.0 Å². The van der Waals surface area contributed by atoms with Gasteiger partial charge in [-0.25, -0.2) is 0 Å². The number of benzene rings is 1. The van der Waals surface area contributed by atoms with E-state index in [0.29, 0.717) is 6.54 Å². The highest BCUT2D eigenvalue weighted by Crippen LogP contribution is 2.18. The summed E-state index contributed by atoms with van der Waals surface area (Å²) in [5.41, 5.74) is 2.30. The molecule has 1 aromatic heterocycles. The Morgan fingerprint density at radius 1 is 1.33 bits per heavy atom. The van der Waals surface area contributed by atoms with E-state index in [1.54, 1.807) is 20.4 Å². The molecule has 132 valence electrons. The van der Waals surface area contributed by atoms with E-state index in [-0.39, 0.29) is 24.0 Å². The van der Waals surface area contributed by atoms with Crippen LogP contribution in [0.2, 0.25) is 0 Å². The van der Waals surface area contributed by atoms with Crippen molar-refractivity contribution < 1.29 is 4.74 Å². The van der Waals surface area contributed by atoms with Crippen LogP contribution < -0.4 is 15.4 Å². The molecule has 2 rings (SSSR count). The molecule has 2 aromatic rings. The van der Waals surface area contributed by atoms with E-state index in [4.69, 9.17) is 4.74 Å². The van der Waals surface area contributed by atoms with Crippen LogP contribution in [0, 0.1) is 6.92 Å². The van der Waals surface area contributed by atoms with Gasteiger partial charge in [0.2, 0.25) is 0 Å². The van der Waals surface area contributed by atoms with Crippen LogP contribution in [0.4, 0.5) is 0 Å². The van der Waals surface area contributed by atoms with Gasteiger partial charge >= 0.3 is 0 Å². The molecule has 6 nitrogen and oxygen atoms in total. The third-order valence-corrected chi connectivity index (χ3v) is 3.57. The van der Waals surface area contributed by atoms with Gasteiger partial charge in [-0.1, -0.05) is 12.1 Å². The standard InChI is InChI=1S/C17H25N5O.HI/c1-14-6-7-15(12-16(14)23-3)13-20-17(18-2)19-8-4-10-22-11-5-9-21-22;/h5-7,9,11-12H,4,8,10,13H2,1-3H3,(H2,18,19,20);1H.